The molecule has 9 heteroatoms. The fourth-order valence-corrected chi connectivity index (χ4v) is 4.94. The van der Waals surface area contributed by atoms with E-state index < -0.39 is 22.5 Å². The highest BCUT2D eigenvalue weighted by Crippen LogP contribution is 2.28. The number of hydrazone groups is 1. The monoisotopic (exact) mass is 523 g/mol. The van der Waals surface area contributed by atoms with E-state index in [-0.39, 0.29) is 4.90 Å². The number of anilines is 1. The van der Waals surface area contributed by atoms with Crippen molar-refractivity contribution in [2.75, 3.05) is 24.1 Å². The number of hydrogen-bond acceptors (Lipinski definition) is 6. The van der Waals surface area contributed by atoms with Crippen LogP contribution >= 0.6 is 0 Å². The zero-order chi connectivity index (χ0) is 27.0. The Morgan fingerprint density at radius 1 is 0.892 bits per heavy atom. The molecular formula is C28H33N3O5S. The third-order valence-electron chi connectivity index (χ3n) is 5.64. The normalized spacial score (nSPS) is 11.4. The Morgan fingerprint density at radius 2 is 1.57 bits per heavy atom. The molecule has 0 atom stereocenters. The van der Waals surface area contributed by atoms with Gasteiger partial charge in [0.2, 0.25) is 0 Å². The first-order chi connectivity index (χ1) is 17.6. The predicted molar refractivity (Wildman–Crippen MR) is 146 cm³/mol. The molecule has 1 N–H and O–H groups in total. The van der Waals surface area contributed by atoms with Gasteiger partial charge in [-0.2, -0.15) is 5.10 Å². The van der Waals surface area contributed by atoms with Gasteiger partial charge in [-0.3, -0.25) is 9.10 Å². The molecule has 37 heavy (non-hydrogen) atoms. The van der Waals surface area contributed by atoms with E-state index in [1.165, 1.54) is 18.3 Å². The first kappa shape index (κ1) is 27.7. The molecule has 0 aliphatic carbocycles. The maximum absolute atomic E-state index is 13.5. The summed E-state index contributed by atoms with van der Waals surface area (Å²) in [4.78, 5) is 12.9. The molecule has 0 radical (unpaired) electrons. The molecule has 0 aromatic heterocycles. The van der Waals surface area contributed by atoms with Crippen LogP contribution in [0.1, 0.15) is 36.1 Å². The molecule has 0 aliphatic heterocycles. The second kappa shape index (κ2) is 12.4. The van der Waals surface area contributed by atoms with E-state index in [0.29, 0.717) is 36.0 Å². The topological polar surface area (TPSA) is 97.3 Å². The minimum Gasteiger partial charge on any atom is -0.490 e. The van der Waals surface area contributed by atoms with Crippen molar-refractivity contribution < 1.29 is 22.7 Å². The number of sulfonamides is 1. The van der Waals surface area contributed by atoms with Crippen LogP contribution in [-0.2, 0) is 14.8 Å². The number of aryl methyl sites for hydroxylation is 3. The van der Waals surface area contributed by atoms with E-state index >= 15 is 0 Å². The number of nitrogens with one attached hydrogen (secondary N) is 1. The lowest BCUT2D eigenvalue weighted by Gasteiger charge is -2.24. The molecule has 0 aliphatic rings. The Bertz CT molecular complexity index is 1370. The molecule has 0 saturated carbocycles. The predicted octanol–water partition coefficient (Wildman–Crippen LogP) is 4.75. The first-order valence-corrected chi connectivity index (χ1v) is 13.5. The number of benzene rings is 3. The van der Waals surface area contributed by atoms with Crippen LogP contribution < -0.4 is 19.2 Å². The molecule has 0 fully saturated rings. The van der Waals surface area contributed by atoms with Gasteiger partial charge in [-0.25, -0.2) is 13.8 Å². The summed E-state index contributed by atoms with van der Waals surface area (Å²) in [5, 5.41) is 4.02. The van der Waals surface area contributed by atoms with E-state index in [2.05, 4.69) is 10.5 Å². The van der Waals surface area contributed by atoms with Crippen LogP contribution in [0.2, 0.25) is 0 Å². The molecule has 3 rings (SSSR count). The van der Waals surface area contributed by atoms with Gasteiger partial charge in [0.15, 0.2) is 11.5 Å². The van der Waals surface area contributed by atoms with E-state index in [4.69, 9.17) is 9.47 Å². The summed E-state index contributed by atoms with van der Waals surface area (Å²) in [6, 6.07) is 17.1. The van der Waals surface area contributed by atoms with Crippen molar-refractivity contribution in [3.8, 4) is 11.5 Å². The maximum Gasteiger partial charge on any atom is 0.264 e. The quantitative estimate of drug-likeness (QED) is 0.289. The summed E-state index contributed by atoms with van der Waals surface area (Å²) in [7, 11) is -4.00. The van der Waals surface area contributed by atoms with Crippen LogP contribution in [0.15, 0.2) is 70.7 Å². The van der Waals surface area contributed by atoms with Crippen LogP contribution in [0, 0.1) is 20.8 Å². The van der Waals surface area contributed by atoms with Gasteiger partial charge < -0.3 is 9.47 Å². The van der Waals surface area contributed by atoms with Crippen molar-refractivity contribution >= 4 is 27.8 Å². The molecule has 0 bridgehead atoms. The molecule has 1 amide bonds. The first-order valence-electron chi connectivity index (χ1n) is 12.0. The Hall–Kier alpha value is -3.85. The smallest absolute Gasteiger partial charge is 0.264 e. The van der Waals surface area contributed by atoms with Crippen molar-refractivity contribution in [3.63, 3.8) is 0 Å². The van der Waals surface area contributed by atoms with Gasteiger partial charge in [0.1, 0.15) is 6.54 Å². The van der Waals surface area contributed by atoms with E-state index in [0.717, 1.165) is 21.0 Å². The molecule has 0 spiro atoms. The molecule has 0 heterocycles. The lowest BCUT2D eigenvalue weighted by atomic mass is 10.1. The van der Waals surface area contributed by atoms with Crippen molar-refractivity contribution in [1.29, 1.82) is 0 Å². The summed E-state index contributed by atoms with van der Waals surface area (Å²) in [5.74, 6) is 0.613. The second-order valence-electron chi connectivity index (χ2n) is 8.46. The Balaban J connectivity index is 1.82. The van der Waals surface area contributed by atoms with Crippen LogP contribution in [0.5, 0.6) is 11.5 Å². The minimum atomic E-state index is -4.00. The van der Waals surface area contributed by atoms with E-state index in [1.807, 2.05) is 40.7 Å². The lowest BCUT2D eigenvalue weighted by molar-refractivity contribution is -0.119. The Kier molecular flexibility index (Phi) is 9.30. The molecular weight excluding hydrogens is 490 g/mol. The van der Waals surface area contributed by atoms with Crippen LogP contribution in [0.3, 0.4) is 0 Å². The molecule has 0 saturated heterocycles. The SMILES string of the molecule is CCOc1ccc(/C=N/NC(=O)CN(c2ccc(C)c(C)c2)S(=O)(=O)c2ccc(C)cc2)cc1OCC. The fourth-order valence-electron chi connectivity index (χ4n) is 3.53. The average Bonchev–Trinajstić information content (AvgIpc) is 2.86. The third kappa shape index (κ3) is 7.10. The van der Waals surface area contributed by atoms with Gasteiger partial charge in [-0.1, -0.05) is 23.8 Å². The minimum absolute atomic E-state index is 0.102. The highest BCUT2D eigenvalue weighted by atomic mass is 32.2. The van der Waals surface area contributed by atoms with Crippen LogP contribution in [-0.4, -0.2) is 40.3 Å². The summed E-state index contributed by atoms with van der Waals surface area (Å²) in [5.41, 5.74) is 6.39. The van der Waals surface area contributed by atoms with Gasteiger partial charge in [0.25, 0.3) is 15.9 Å². The molecule has 0 unspecified atom stereocenters. The van der Waals surface area contributed by atoms with Crippen molar-refractivity contribution in [3.05, 3.63) is 82.9 Å². The van der Waals surface area contributed by atoms with Gasteiger partial charge in [0.05, 0.1) is 30.0 Å². The standard InChI is InChI=1S/C28H33N3O5S/c1-6-35-26-15-11-23(17-27(26)36-7-2)18-29-30-28(32)19-31(24-12-10-21(4)22(5)16-24)37(33,34)25-13-8-20(3)9-14-25/h8-18H,6-7,19H2,1-5H3,(H,30,32)/b29-18+. The van der Waals surface area contributed by atoms with Gasteiger partial charge >= 0.3 is 0 Å². The summed E-state index contributed by atoms with van der Waals surface area (Å²) in [6.07, 6.45) is 1.46. The number of hydrogen-bond donors (Lipinski definition) is 1. The van der Waals surface area contributed by atoms with Crippen molar-refractivity contribution in [1.82, 2.24) is 5.43 Å². The van der Waals surface area contributed by atoms with Gasteiger partial charge in [-0.05, 0) is 93.8 Å². The van der Waals surface area contributed by atoms with E-state index in [1.54, 1.807) is 42.5 Å². The zero-order valence-electron chi connectivity index (χ0n) is 21.8. The van der Waals surface area contributed by atoms with Crippen LogP contribution in [0.4, 0.5) is 5.69 Å². The molecule has 8 nitrogen and oxygen atoms in total. The zero-order valence-corrected chi connectivity index (χ0v) is 22.6. The number of carbonyl (C=O) groups excluding carboxylic acids is 1. The van der Waals surface area contributed by atoms with Gasteiger partial charge in [0, 0.05) is 0 Å². The highest BCUT2D eigenvalue weighted by molar-refractivity contribution is 7.92. The number of nitrogens with zero attached hydrogens (tertiary/aromatic N) is 2. The number of rotatable bonds is 11. The number of ether oxygens (including phenoxy) is 2. The van der Waals surface area contributed by atoms with Crippen molar-refractivity contribution in [2.24, 2.45) is 5.10 Å². The molecule has 3 aromatic carbocycles. The summed E-state index contributed by atoms with van der Waals surface area (Å²) in [6.45, 7) is 10.0. The fraction of sp³-hybridized carbons (Fsp3) is 0.286. The number of amides is 1. The number of carbonyl (C=O) groups is 1. The van der Waals surface area contributed by atoms with Crippen LogP contribution in [0.25, 0.3) is 0 Å². The molecule has 196 valence electrons. The molecule has 3 aromatic rings. The van der Waals surface area contributed by atoms with E-state index in [9.17, 15) is 13.2 Å². The second-order valence-corrected chi connectivity index (χ2v) is 10.3. The highest BCUT2D eigenvalue weighted by Gasteiger charge is 2.27. The maximum atomic E-state index is 13.5. The van der Waals surface area contributed by atoms with Gasteiger partial charge in [-0.15, -0.1) is 0 Å². The Morgan fingerprint density at radius 3 is 2.22 bits per heavy atom. The largest absolute Gasteiger partial charge is 0.490 e. The van der Waals surface area contributed by atoms with Crippen molar-refractivity contribution in [2.45, 2.75) is 39.5 Å². The third-order valence-corrected chi connectivity index (χ3v) is 7.43. The lowest BCUT2D eigenvalue weighted by Crippen LogP contribution is -2.39. The Labute approximate surface area is 219 Å². The summed E-state index contributed by atoms with van der Waals surface area (Å²) >= 11 is 0. The summed E-state index contributed by atoms with van der Waals surface area (Å²) < 4.78 is 39.3. The average molecular weight is 524 g/mol.